The third-order valence-electron chi connectivity index (χ3n) is 6.82. The van der Waals surface area contributed by atoms with Crippen LogP contribution in [0.3, 0.4) is 0 Å². The molecule has 1 saturated heterocycles. The lowest BCUT2D eigenvalue weighted by Crippen LogP contribution is -2.57. The summed E-state index contributed by atoms with van der Waals surface area (Å²) in [6.07, 6.45) is 3.50. The van der Waals surface area contributed by atoms with Crippen molar-refractivity contribution in [3.63, 3.8) is 0 Å². The van der Waals surface area contributed by atoms with E-state index in [2.05, 4.69) is 29.6 Å². The second-order valence-electron chi connectivity index (χ2n) is 9.20. The van der Waals surface area contributed by atoms with Crippen LogP contribution in [0.5, 0.6) is 0 Å². The molecule has 2 aromatic rings. The monoisotopic (exact) mass is 496 g/mol. The molecule has 1 aliphatic carbocycles. The van der Waals surface area contributed by atoms with Crippen LogP contribution in [0.25, 0.3) is 11.1 Å². The summed E-state index contributed by atoms with van der Waals surface area (Å²) in [6, 6.07) is 15.7. The number of hydrogen-bond acceptors (Lipinski definition) is 5. The number of carboxylic acids is 1. The molecule has 1 unspecified atom stereocenters. The minimum absolute atomic E-state index is 0.0320. The summed E-state index contributed by atoms with van der Waals surface area (Å²) in [5.41, 5.74) is 4.62. The quantitative estimate of drug-likeness (QED) is 0.480. The fraction of sp³-hybridized carbons (Fsp3) is 0.444. The van der Waals surface area contributed by atoms with Gasteiger partial charge < -0.3 is 20.1 Å². The van der Waals surface area contributed by atoms with Crippen molar-refractivity contribution in [3.05, 3.63) is 59.7 Å². The Morgan fingerprint density at radius 3 is 2.31 bits per heavy atom. The largest absolute Gasteiger partial charge is 0.481 e. The normalized spacial score (nSPS) is 15.6. The minimum atomic E-state index is -0.790. The van der Waals surface area contributed by atoms with E-state index < -0.39 is 18.1 Å². The third-order valence-corrected chi connectivity index (χ3v) is 7.46. The first kappa shape index (κ1) is 25.1. The lowest BCUT2D eigenvalue weighted by atomic mass is 9.93. The molecule has 2 aromatic carbocycles. The summed E-state index contributed by atoms with van der Waals surface area (Å²) >= 11 is 1.63. The first-order chi connectivity index (χ1) is 17.0. The number of carbonyl (C=O) groups is 3. The molecule has 1 aliphatic heterocycles. The molecule has 0 spiro atoms. The fourth-order valence-corrected chi connectivity index (χ4v) is 5.44. The Hall–Kier alpha value is -3.00. The topological polar surface area (TPSA) is 95.9 Å². The number of thioether (sulfide) groups is 1. The van der Waals surface area contributed by atoms with Gasteiger partial charge in [0.25, 0.3) is 0 Å². The fourth-order valence-electron chi connectivity index (χ4n) is 4.97. The number of aliphatic carboxylic acids is 1. The van der Waals surface area contributed by atoms with Gasteiger partial charge in [-0.1, -0.05) is 48.5 Å². The summed E-state index contributed by atoms with van der Waals surface area (Å²) in [4.78, 5) is 38.2. The maximum atomic E-state index is 13.0. The highest BCUT2D eigenvalue weighted by molar-refractivity contribution is 7.98. The van der Waals surface area contributed by atoms with Gasteiger partial charge in [-0.05, 0) is 59.4 Å². The number of ether oxygens (including phenoxy) is 1. The van der Waals surface area contributed by atoms with Crippen molar-refractivity contribution in [2.45, 2.75) is 37.6 Å². The van der Waals surface area contributed by atoms with Crippen LogP contribution in [0, 0.1) is 5.92 Å². The van der Waals surface area contributed by atoms with E-state index in [-0.39, 0.29) is 24.9 Å². The number of fused-ring (bicyclic) bond motifs is 3. The molecule has 1 atom stereocenters. The second-order valence-corrected chi connectivity index (χ2v) is 10.2. The molecule has 4 rings (SSSR count). The van der Waals surface area contributed by atoms with Crippen molar-refractivity contribution in [2.75, 3.05) is 31.7 Å². The standard InChI is InChI=1S/C27H32N2O5S/c1-35-14-13-24(26(32)29-15-18(16-29)7-6-12-25(30)31)28-27(33)34-17-23-21-10-4-2-8-19(21)20-9-3-5-11-22(20)23/h2-5,8-11,18,23-24H,6-7,12-17H2,1H3,(H,28,33)(H,30,31). The van der Waals surface area contributed by atoms with E-state index >= 15 is 0 Å². The molecule has 0 bridgehead atoms. The Balaban J connectivity index is 1.31. The summed E-state index contributed by atoms with van der Waals surface area (Å²) in [7, 11) is 0. The number of nitrogens with zero attached hydrogens (tertiary/aromatic N) is 1. The van der Waals surface area contributed by atoms with Crippen molar-refractivity contribution >= 4 is 29.7 Å². The molecular weight excluding hydrogens is 464 g/mol. The molecule has 1 heterocycles. The van der Waals surface area contributed by atoms with Crippen molar-refractivity contribution < 1.29 is 24.2 Å². The number of benzene rings is 2. The summed E-state index contributed by atoms with van der Waals surface area (Å²) in [5.74, 6) is 0.156. The molecule has 35 heavy (non-hydrogen) atoms. The Morgan fingerprint density at radius 2 is 1.71 bits per heavy atom. The lowest BCUT2D eigenvalue weighted by molar-refractivity contribution is -0.141. The number of amides is 2. The zero-order chi connectivity index (χ0) is 24.8. The zero-order valence-corrected chi connectivity index (χ0v) is 20.8. The second kappa shape index (κ2) is 11.6. The van der Waals surface area contributed by atoms with Gasteiger partial charge in [0.2, 0.25) is 5.91 Å². The van der Waals surface area contributed by atoms with E-state index in [0.717, 1.165) is 23.3 Å². The van der Waals surface area contributed by atoms with E-state index in [1.807, 2.05) is 30.5 Å². The SMILES string of the molecule is CSCCC(NC(=O)OCC1c2ccccc2-c2ccccc21)C(=O)N1CC(CCCC(=O)O)C1. The van der Waals surface area contributed by atoms with Crippen LogP contribution < -0.4 is 5.32 Å². The maximum Gasteiger partial charge on any atom is 0.407 e. The van der Waals surface area contributed by atoms with E-state index in [1.165, 1.54) is 11.1 Å². The maximum absolute atomic E-state index is 13.0. The van der Waals surface area contributed by atoms with E-state index in [9.17, 15) is 14.4 Å². The molecule has 0 aromatic heterocycles. The molecule has 8 heteroatoms. The van der Waals surface area contributed by atoms with Gasteiger partial charge >= 0.3 is 12.1 Å². The Kier molecular flexibility index (Phi) is 8.33. The zero-order valence-electron chi connectivity index (χ0n) is 19.9. The van der Waals surface area contributed by atoms with Gasteiger partial charge in [-0.15, -0.1) is 0 Å². The first-order valence-electron chi connectivity index (χ1n) is 12.1. The molecule has 0 radical (unpaired) electrons. The molecular formula is C27H32N2O5S. The number of nitrogens with one attached hydrogen (secondary N) is 1. The number of rotatable bonds is 11. The molecule has 0 saturated carbocycles. The van der Waals surface area contributed by atoms with Crippen LogP contribution in [0.4, 0.5) is 4.79 Å². The van der Waals surface area contributed by atoms with Gasteiger partial charge in [0, 0.05) is 25.4 Å². The summed E-state index contributed by atoms with van der Waals surface area (Å²) in [5, 5.41) is 11.6. The van der Waals surface area contributed by atoms with Crippen molar-refractivity contribution in [1.29, 1.82) is 0 Å². The molecule has 2 aliphatic rings. The average molecular weight is 497 g/mol. The average Bonchev–Trinajstić information content (AvgIpc) is 3.15. The first-order valence-corrected chi connectivity index (χ1v) is 13.5. The highest BCUT2D eigenvalue weighted by Crippen LogP contribution is 2.44. The lowest BCUT2D eigenvalue weighted by Gasteiger charge is -2.41. The van der Waals surface area contributed by atoms with Crippen LogP contribution in [-0.4, -0.2) is 65.7 Å². The van der Waals surface area contributed by atoms with Crippen LogP contribution in [0.2, 0.25) is 0 Å². The van der Waals surface area contributed by atoms with Gasteiger partial charge in [-0.25, -0.2) is 4.79 Å². The van der Waals surface area contributed by atoms with Gasteiger partial charge in [-0.3, -0.25) is 9.59 Å². The van der Waals surface area contributed by atoms with E-state index in [0.29, 0.717) is 31.8 Å². The van der Waals surface area contributed by atoms with Crippen molar-refractivity contribution in [1.82, 2.24) is 10.2 Å². The van der Waals surface area contributed by atoms with E-state index in [1.54, 1.807) is 16.7 Å². The molecule has 186 valence electrons. The number of hydrogen-bond donors (Lipinski definition) is 2. The Labute approximate surface area is 210 Å². The number of carbonyl (C=O) groups excluding carboxylic acids is 2. The smallest absolute Gasteiger partial charge is 0.407 e. The van der Waals surface area contributed by atoms with Crippen molar-refractivity contribution in [2.24, 2.45) is 5.92 Å². The van der Waals surface area contributed by atoms with Crippen LogP contribution in [0.1, 0.15) is 42.7 Å². The van der Waals surface area contributed by atoms with E-state index in [4.69, 9.17) is 9.84 Å². The Bertz CT molecular complexity index is 1020. The van der Waals surface area contributed by atoms with Gasteiger partial charge in [0.1, 0.15) is 12.6 Å². The molecule has 7 nitrogen and oxygen atoms in total. The van der Waals surface area contributed by atoms with Gasteiger partial charge in [0.05, 0.1) is 0 Å². The van der Waals surface area contributed by atoms with Gasteiger partial charge in [0.15, 0.2) is 0 Å². The predicted octanol–water partition coefficient (Wildman–Crippen LogP) is 4.36. The summed E-state index contributed by atoms with van der Waals surface area (Å²) in [6.45, 7) is 1.43. The van der Waals surface area contributed by atoms with Gasteiger partial charge in [-0.2, -0.15) is 11.8 Å². The van der Waals surface area contributed by atoms with Crippen LogP contribution in [-0.2, 0) is 14.3 Å². The highest BCUT2D eigenvalue weighted by atomic mass is 32.2. The molecule has 2 N–H and O–H groups in total. The predicted molar refractivity (Wildman–Crippen MR) is 137 cm³/mol. The van der Waals surface area contributed by atoms with Crippen molar-refractivity contribution in [3.8, 4) is 11.1 Å². The van der Waals surface area contributed by atoms with Crippen LogP contribution >= 0.6 is 11.8 Å². The number of likely N-dealkylation sites (tertiary alicyclic amines) is 1. The number of carboxylic acid groups (broad SMARTS) is 1. The highest BCUT2D eigenvalue weighted by Gasteiger charge is 2.35. The number of alkyl carbamates (subject to hydrolysis) is 1. The Morgan fingerprint density at radius 1 is 1.09 bits per heavy atom. The summed E-state index contributed by atoms with van der Waals surface area (Å²) < 4.78 is 5.65. The van der Waals surface area contributed by atoms with Crippen LogP contribution in [0.15, 0.2) is 48.5 Å². The molecule has 1 fully saturated rings. The molecule has 2 amide bonds. The minimum Gasteiger partial charge on any atom is -0.481 e. The third kappa shape index (κ3) is 5.99.